The van der Waals surface area contributed by atoms with Gasteiger partial charge in [0.2, 0.25) is 0 Å². The number of hydrogen-bond donors (Lipinski definition) is 1. The van der Waals surface area contributed by atoms with E-state index in [9.17, 15) is 9.90 Å². The first-order valence-corrected chi connectivity index (χ1v) is 7.11. The molecule has 3 rings (SSSR count). The SMILES string of the molecule is N#Cc1ccc(CN2C[C@H](C(=O)O)[C@@H](C3CC3)C2)cc1. The molecule has 2 aliphatic rings. The Balaban J connectivity index is 1.66. The zero-order chi connectivity index (χ0) is 14.1. The molecule has 2 atom stereocenters. The van der Waals surface area contributed by atoms with Gasteiger partial charge in [0.1, 0.15) is 0 Å². The van der Waals surface area contributed by atoms with E-state index in [-0.39, 0.29) is 5.92 Å². The maximum Gasteiger partial charge on any atom is 0.308 e. The highest BCUT2D eigenvalue weighted by molar-refractivity contribution is 5.71. The zero-order valence-corrected chi connectivity index (χ0v) is 11.3. The van der Waals surface area contributed by atoms with Crippen molar-refractivity contribution in [2.24, 2.45) is 17.8 Å². The van der Waals surface area contributed by atoms with E-state index in [1.807, 2.05) is 24.3 Å². The molecule has 1 aliphatic carbocycles. The summed E-state index contributed by atoms with van der Waals surface area (Å²) in [5, 5.41) is 18.1. The number of likely N-dealkylation sites (tertiary alicyclic amines) is 1. The first kappa shape index (κ1) is 13.1. The maximum absolute atomic E-state index is 11.4. The van der Waals surface area contributed by atoms with E-state index < -0.39 is 5.97 Å². The van der Waals surface area contributed by atoms with E-state index in [1.54, 1.807) is 0 Å². The van der Waals surface area contributed by atoms with Crippen molar-refractivity contribution in [1.29, 1.82) is 5.26 Å². The minimum atomic E-state index is -0.649. The molecule has 4 nitrogen and oxygen atoms in total. The Hall–Kier alpha value is -1.86. The lowest BCUT2D eigenvalue weighted by Gasteiger charge is -2.15. The zero-order valence-electron chi connectivity index (χ0n) is 11.3. The van der Waals surface area contributed by atoms with E-state index in [4.69, 9.17) is 5.26 Å². The number of nitriles is 1. The molecular weight excluding hydrogens is 252 g/mol. The second-order valence-electron chi connectivity index (χ2n) is 5.95. The van der Waals surface area contributed by atoms with Gasteiger partial charge in [-0.2, -0.15) is 5.26 Å². The Kier molecular flexibility index (Phi) is 3.45. The topological polar surface area (TPSA) is 64.3 Å². The van der Waals surface area contributed by atoms with Gasteiger partial charge in [0.15, 0.2) is 0 Å². The second-order valence-corrected chi connectivity index (χ2v) is 5.95. The van der Waals surface area contributed by atoms with Crippen molar-refractivity contribution in [3.8, 4) is 6.07 Å². The molecule has 1 saturated carbocycles. The molecule has 4 heteroatoms. The third kappa shape index (κ3) is 2.68. The summed E-state index contributed by atoms with van der Waals surface area (Å²) < 4.78 is 0. The molecule has 20 heavy (non-hydrogen) atoms. The fourth-order valence-electron chi connectivity index (χ4n) is 3.25. The van der Waals surface area contributed by atoms with Gasteiger partial charge in [0, 0.05) is 19.6 Å². The highest BCUT2D eigenvalue weighted by Crippen LogP contribution is 2.44. The lowest BCUT2D eigenvalue weighted by atomic mass is 9.92. The normalized spacial score (nSPS) is 26.4. The Morgan fingerprint density at radius 3 is 2.55 bits per heavy atom. The molecule has 1 heterocycles. The predicted molar refractivity (Wildman–Crippen MR) is 73.8 cm³/mol. The number of carboxylic acid groups (broad SMARTS) is 1. The number of benzene rings is 1. The van der Waals surface area contributed by atoms with Crippen LogP contribution in [0.2, 0.25) is 0 Å². The number of hydrogen-bond acceptors (Lipinski definition) is 3. The van der Waals surface area contributed by atoms with Crippen LogP contribution in [0.25, 0.3) is 0 Å². The van der Waals surface area contributed by atoms with Gasteiger partial charge >= 0.3 is 5.97 Å². The molecule has 0 aromatic heterocycles. The second kappa shape index (κ2) is 5.26. The van der Waals surface area contributed by atoms with E-state index in [1.165, 1.54) is 12.8 Å². The summed E-state index contributed by atoms with van der Waals surface area (Å²) >= 11 is 0. The van der Waals surface area contributed by atoms with Gasteiger partial charge in [0.05, 0.1) is 17.6 Å². The van der Waals surface area contributed by atoms with Gasteiger partial charge in [-0.25, -0.2) is 0 Å². The van der Waals surface area contributed by atoms with Crippen LogP contribution in [0.4, 0.5) is 0 Å². The number of carbonyl (C=O) groups is 1. The Labute approximate surface area is 118 Å². The van der Waals surface area contributed by atoms with E-state index in [0.29, 0.717) is 23.9 Å². The first-order chi connectivity index (χ1) is 9.67. The highest BCUT2D eigenvalue weighted by Gasteiger charge is 2.45. The molecule has 0 radical (unpaired) electrons. The minimum Gasteiger partial charge on any atom is -0.481 e. The van der Waals surface area contributed by atoms with E-state index in [2.05, 4.69) is 11.0 Å². The summed E-state index contributed by atoms with van der Waals surface area (Å²) in [6, 6.07) is 9.66. The third-order valence-corrected chi connectivity index (χ3v) is 4.47. The van der Waals surface area contributed by atoms with Crippen molar-refractivity contribution in [3.05, 3.63) is 35.4 Å². The molecule has 0 bridgehead atoms. The van der Waals surface area contributed by atoms with E-state index in [0.717, 1.165) is 18.7 Å². The number of nitrogens with zero attached hydrogens (tertiary/aromatic N) is 2. The number of aliphatic carboxylic acids is 1. The van der Waals surface area contributed by atoms with Crippen LogP contribution in [0, 0.1) is 29.1 Å². The molecule has 1 aliphatic heterocycles. The largest absolute Gasteiger partial charge is 0.481 e. The van der Waals surface area contributed by atoms with Gasteiger partial charge in [-0.1, -0.05) is 12.1 Å². The van der Waals surface area contributed by atoms with Crippen LogP contribution < -0.4 is 0 Å². The molecule has 0 amide bonds. The van der Waals surface area contributed by atoms with Gasteiger partial charge in [-0.15, -0.1) is 0 Å². The van der Waals surface area contributed by atoms with Crippen LogP contribution in [-0.4, -0.2) is 29.1 Å². The van der Waals surface area contributed by atoms with E-state index >= 15 is 0 Å². The Bertz CT molecular complexity index is 543. The van der Waals surface area contributed by atoms with Crippen molar-refractivity contribution in [2.75, 3.05) is 13.1 Å². The summed E-state index contributed by atoms with van der Waals surface area (Å²) in [5.41, 5.74) is 1.80. The molecule has 2 fully saturated rings. The monoisotopic (exact) mass is 270 g/mol. The smallest absolute Gasteiger partial charge is 0.308 e. The molecule has 104 valence electrons. The van der Waals surface area contributed by atoms with Crippen molar-refractivity contribution in [2.45, 2.75) is 19.4 Å². The average molecular weight is 270 g/mol. The third-order valence-electron chi connectivity index (χ3n) is 4.47. The quantitative estimate of drug-likeness (QED) is 0.910. The predicted octanol–water partition coefficient (Wildman–Crippen LogP) is 2.10. The van der Waals surface area contributed by atoms with Crippen molar-refractivity contribution in [1.82, 2.24) is 4.90 Å². The molecule has 1 saturated heterocycles. The molecule has 0 unspecified atom stereocenters. The van der Waals surface area contributed by atoms with Crippen molar-refractivity contribution in [3.63, 3.8) is 0 Å². The van der Waals surface area contributed by atoms with Gasteiger partial charge in [-0.05, 0) is 42.4 Å². The maximum atomic E-state index is 11.4. The minimum absolute atomic E-state index is 0.208. The van der Waals surface area contributed by atoms with Crippen LogP contribution in [-0.2, 0) is 11.3 Å². The van der Waals surface area contributed by atoms with Crippen LogP contribution in [0.3, 0.4) is 0 Å². The average Bonchev–Trinajstić information content (AvgIpc) is 3.21. The van der Waals surface area contributed by atoms with Crippen LogP contribution >= 0.6 is 0 Å². The fraction of sp³-hybridized carbons (Fsp3) is 0.500. The molecule has 0 spiro atoms. The van der Waals surface area contributed by atoms with Crippen LogP contribution in [0.15, 0.2) is 24.3 Å². The van der Waals surface area contributed by atoms with Crippen LogP contribution in [0.1, 0.15) is 24.0 Å². The molecule has 1 aromatic rings. The lowest BCUT2D eigenvalue weighted by Crippen LogP contribution is -2.24. The Morgan fingerprint density at radius 1 is 1.30 bits per heavy atom. The Morgan fingerprint density at radius 2 is 2.00 bits per heavy atom. The standard InChI is InChI=1S/C16H18N2O2/c17-7-11-1-3-12(4-2-11)8-18-9-14(13-5-6-13)15(10-18)16(19)20/h1-4,13-15H,5-6,8-10H2,(H,19,20)/t14-,15+/m1/s1. The van der Waals surface area contributed by atoms with Gasteiger partial charge in [-0.3, -0.25) is 9.69 Å². The summed E-state index contributed by atoms with van der Waals surface area (Å²) in [6.07, 6.45) is 2.39. The first-order valence-electron chi connectivity index (χ1n) is 7.11. The lowest BCUT2D eigenvalue weighted by molar-refractivity contribution is -0.142. The number of rotatable bonds is 4. The molecule has 1 N–H and O–H groups in total. The van der Waals surface area contributed by atoms with Gasteiger partial charge < -0.3 is 5.11 Å². The van der Waals surface area contributed by atoms with Crippen LogP contribution in [0.5, 0.6) is 0 Å². The van der Waals surface area contributed by atoms with Gasteiger partial charge in [0.25, 0.3) is 0 Å². The molecular formula is C16H18N2O2. The van der Waals surface area contributed by atoms with Crippen molar-refractivity contribution < 1.29 is 9.90 Å². The summed E-state index contributed by atoms with van der Waals surface area (Å²) in [5.74, 6) is 0.0954. The highest BCUT2D eigenvalue weighted by atomic mass is 16.4. The fourth-order valence-corrected chi connectivity index (χ4v) is 3.25. The summed E-state index contributed by atoms with van der Waals surface area (Å²) in [6.45, 7) is 2.32. The van der Waals surface area contributed by atoms with Crippen molar-refractivity contribution >= 4 is 5.97 Å². The summed E-state index contributed by atoms with van der Waals surface area (Å²) in [7, 11) is 0. The summed E-state index contributed by atoms with van der Waals surface area (Å²) in [4.78, 5) is 13.6. The number of carboxylic acids is 1. The molecule has 1 aromatic carbocycles.